The third-order valence-corrected chi connectivity index (χ3v) is 2.07. The van der Waals surface area contributed by atoms with Gasteiger partial charge in [0.2, 0.25) is 0 Å². The highest BCUT2D eigenvalue weighted by molar-refractivity contribution is 6.02. The first kappa shape index (κ1) is 11.1. The Kier molecular flexibility index (Phi) is 3.34. The maximum atomic E-state index is 11.7. The molecule has 0 radical (unpaired) electrons. The van der Waals surface area contributed by atoms with Crippen LogP contribution in [0.1, 0.15) is 17.4 Å². The van der Waals surface area contributed by atoms with Crippen LogP contribution >= 0.6 is 0 Å². The molecule has 0 saturated heterocycles. The SMILES string of the molecule is CCNc1ccc(C(=O)Nc2cnoc2)nc1. The standard InChI is InChI=1S/C11H12N4O2/c1-2-12-8-3-4-10(13-5-8)11(16)15-9-6-14-17-7-9/h3-7,12H,2H2,1H3,(H,15,16). The number of rotatable bonds is 4. The average molecular weight is 232 g/mol. The lowest BCUT2D eigenvalue weighted by Crippen LogP contribution is -2.13. The Morgan fingerprint density at radius 1 is 1.35 bits per heavy atom. The van der Waals surface area contributed by atoms with Crippen LogP contribution in [0.5, 0.6) is 0 Å². The molecule has 88 valence electrons. The molecule has 17 heavy (non-hydrogen) atoms. The molecule has 0 aliphatic heterocycles. The van der Waals surface area contributed by atoms with Crippen LogP contribution in [0.3, 0.4) is 0 Å². The van der Waals surface area contributed by atoms with Crippen LogP contribution in [0.2, 0.25) is 0 Å². The molecule has 2 N–H and O–H groups in total. The Bertz CT molecular complexity index is 479. The number of anilines is 2. The number of carbonyl (C=O) groups excluding carboxylic acids is 1. The van der Waals surface area contributed by atoms with Crippen LogP contribution in [0.15, 0.2) is 35.3 Å². The van der Waals surface area contributed by atoms with E-state index in [4.69, 9.17) is 0 Å². The van der Waals surface area contributed by atoms with Gasteiger partial charge < -0.3 is 15.2 Å². The molecule has 6 heteroatoms. The molecule has 0 bridgehead atoms. The summed E-state index contributed by atoms with van der Waals surface area (Å²) < 4.78 is 4.61. The number of aromatic nitrogens is 2. The number of nitrogens with one attached hydrogen (secondary N) is 2. The predicted molar refractivity (Wildman–Crippen MR) is 62.9 cm³/mol. The first-order valence-corrected chi connectivity index (χ1v) is 5.20. The second-order valence-electron chi connectivity index (χ2n) is 3.33. The van der Waals surface area contributed by atoms with Crippen molar-refractivity contribution in [2.45, 2.75) is 6.92 Å². The zero-order valence-electron chi connectivity index (χ0n) is 9.30. The predicted octanol–water partition coefficient (Wildman–Crippen LogP) is 1.75. The number of hydrogen-bond acceptors (Lipinski definition) is 5. The van der Waals surface area contributed by atoms with Crippen molar-refractivity contribution >= 4 is 17.3 Å². The van der Waals surface area contributed by atoms with Crippen LogP contribution in [0.25, 0.3) is 0 Å². The Labute approximate surface area is 98.0 Å². The van der Waals surface area contributed by atoms with E-state index >= 15 is 0 Å². The Hall–Kier alpha value is -2.37. The van der Waals surface area contributed by atoms with Crippen LogP contribution < -0.4 is 10.6 Å². The van der Waals surface area contributed by atoms with Crippen molar-refractivity contribution in [2.75, 3.05) is 17.2 Å². The molecule has 2 heterocycles. The van der Waals surface area contributed by atoms with E-state index in [0.717, 1.165) is 12.2 Å². The molecular weight excluding hydrogens is 220 g/mol. The molecule has 0 aliphatic rings. The molecular formula is C11H12N4O2. The Morgan fingerprint density at radius 2 is 2.24 bits per heavy atom. The lowest BCUT2D eigenvalue weighted by Gasteiger charge is -2.04. The van der Waals surface area contributed by atoms with Gasteiger partial charge in [-0.1, -0.05) is 5.16 Å². The van der Waals surface area contributed by atoms with Crippen molar-refractivity contribution in [3.8, 4) is 0 Å². The van der Waals surface area contributed by atoms with E-state index in [9.17, 15) is 4.79 Å². The van der Waals surface area contributed by atoms with Crippen molar-refractivity contribution in [3.05, 3.63) is 36.5 Å². The van der Waals surface area contributed by atoms with Crippen molar-refractivity contribution in [1.29, 1.82) is 0 Å². The van der Waals surface area contributed by atoms with Crippen LogP contribution in [-0.2, 0) is 0 Å². The summed E-state index contributed by atoms with van der Waals surface area (Å²) in [5.41, 5.74) is 1.73. The minimum Gasteiger partial charge on any atom is -0.384 e. The fourth-order valence-corrected chi connectivity index (χ4v) is 1.30. The van der Waals surface area contributed by atoms with Gasteiger partial charge in [0.25, 0.3) is 5.91 Å². The van der Waals surface area contributed by atoms with Gasteiger partial charge >= 0.3 is 0 Å². The van der Waals surface area contributed by atoms with Gasteiger partial charge in [0, 0.05) is 6.54 Å². The highest BCUT2D eigenvalue weighted by Crippen LogP contribution is 2.09. The Balaban J connectivity index is 2.04. The monoisotopic (exact) mass is 232 g/mol. The van der Waals surface area contributed by atoms with Gasteiger partial charge in [0.05, 0.1) is 18.1 Å². The molecule has 2 aromatic rings. The van der Waals surface area contributed by atoms with E-state index in [1.165, 1.54) is 12.5 Å². The third kappa shape index (κ3) is 2.81. The molecule has 0 aromatic carbocycles. The van der Waals surface area contributed by atoms with Crippen LogP contribution in [0.4, 0.5) is 11.4 Å². The summed E-state index contributed by atoms with van der Waals surface area (Å²) in [6, 6.07) is 3.46. The van der Waals surface area contributed by atoms with E-state index in [1.807, 2.05) is 6.92 Å². The van der Waals surface area contributed by atoms with E-state index in [1.54, 1.807) is 18.3 Å². The highest BCUT2D eigenvalue weighted by atomic mass is 16.5. The summed E-state index contributed by atoms with van der Waals surface area (Å²) in [7, 11) is 0. The Morgan fingerprint density at radius 3 is 2.82 bits per heavy atom. The van der Waals surface area contributed by atoms with Gasteiger partial charge in [0.15, 0.2) is 0 Å². The summed E-state index contributed by atoms with van der Waals surface area (Å²) in [4.78, 5) is 15.8. The normalized spacial score (nSPS) is 9.94. The lowest BCUT2D eigenvalue weighted by atomic mass is 10.3. The lowest BCUT2D eigenvalue weighted by molar-refractivity contribution is 0.102. The number of hydrogen-bond donors (Lipinski definition) is 2. The van der Waals surface area contributed by atoms with Crippen molar-refractivity contribution < 1.29 is 9.32 Å². The minimum absolute atomic E-state index is 0.295. The molecule has 1 amide bonds. The quantitative estimate of drug-likeness (QED) is 0.839. The van der Waals surface area contributed by atoms with Crippen LogP contribution in [-0.4, -0.2) is 22.6 Å². The van der Waals surface area contributed by atoms with Gasteiger partial charge in [-0.2, -0.15) is 0 Å². The number of carbonyl (C=O) groups is 1. The van der Waals surface area contributed by atoms with Gasteiger partial charge in [-0.3, -0.25) is 4.79 Å². The second kappa shape index (κ2) is 5.11. The summed E-state index contributed by atoms with van der Waals surface area (Å²) in [5, 5.41) is 9.20. The number of amides is 1. The number of pyridine rings is 1. The fraction of sp³-hybridized carbons (Fsp3) is 0.182. The minimum atomic E-state index is -0.295. The third-order valence-electron chi connectivity index (χ3n) is 2.07. The summed E-state index contributed by atoms with van der Waals surface area (Å²) in [6.07, 6.45) is 4.39. The van der Waals surface area contributed by atoms with Gasteiger partial charge in [-0.15, -0.1) is 0 Å². The molecule has 0 spiro atoms. The van der Waals surface area contributed by atoms with Gasteiger partial charge in [-0.05, 0) is 19.1 Å². The van der Waals surface area contributed by atoms with E-state index < -0.39 is 0 Å². The maximum absolute atomic E-state index is 11.7. The first-order chi connectivity index (χ1) is 8.29. The molecule has 2 rings (SSSR count). The largest absolute Gasteiger partial charge is 0.384 e. The molecule has 0 aliphatic carbocycles. The molecule has 0 atom stereocenters. The second-order valence-corrected chi connectivity index (χ2v) is 3.33. The van der Waals surface area contributed by atoms with E-state index in [-0.39, 0.29) is 5.91 Å². The molecule has 6 nitrogen and oxygen atoms in total. The molecule has 2 aromatic heterocycles. The molecule has 0 fully saturated rings. The fourth-order valence-electron chi connectivity index (χ4n) is 1.30. The summed E-state index contributed by atoms with van der Waals surface area (Å²) >= 11 is 0. The van der Waals surface area contributed by atoms with Gasteiger partial charge in [0.1, 0.15) is 17.6 Å². The topological polar surface area (TPSA) is 80.0 Å². The van der Waals surface area contributed by atoms with Crippen molar-refractivity contribution in [3.63, 3.8) is 0 Å². The van der Waals surface area contributed by atoms with Gasteiger partial charge in [-0.25, -0.2) is 4.98 Å². The van der Waals surface area contributed by atoms with E-state index in [0.29, 0.717) is 11.4 Å². The molecule has 0 unspecified atom stereocenters. The van der Waals surface area contributed by atoms with Crippen molar-refractivity contribution in [1.82, 2.24) is 10.1 Å². The van der Waals surface area contributed by atoms with Crippen molar-refractivity contribution in [2.24, 2.45) is 0 Å². The molecule has 0 saturated carbocycles. The summed E-state index contributed by atoms with van der Waals surface area (Å²) in [6.45, 7) is 2.81. The summed E-state index contributed by atoms with van der Waals surface area (Å²) in [5.74, 6) is -0.295. The zero-order valence-corrected chi connectivity index (χ0v) is 9.30. The first-order valence-electron chi connectivity index (χ1n) is 5.20. The van der Waals surface area contributed by atoms with E-state index in [2.05, 4.69) is 25.3 Å². The number of nitrogens with zero attached hydrogens (tertiary/aromatic N) is 2. The smallest absolute Gasteiger partial charge is 0.274 e. The maximum Gasteiger partial charge on any atom is 0.274 e. The highest BCUT2D eigenvalue weighted by Gasteiger charge is 2.08. The van der Waals surface area contributed by atoms with Crippen LogP contribution in [0, 0.1) is 0 Å². The average Bonchev–Trinajstić information content (AvgIpc) is 2.83. The zero-order chi connectivity index (χ0) is 12.1.